The van der Waals surface area contributed by atoms with Crippen molar-refractivity contribution in [1.29, 1.82) is 0 Å². The standard InChI is InChI=1S/C88H156N2.2C8H8O4.Ni/c1-5-9-13-16-19-22-25-28-31-34-37-40-41-42-43-46-49-52-55-58-61-64-67-70-80-88(90-86-78-72-76-84(82-86)74-69-66-63-60-57-54-51-48-45-39-36-33-30-27-24-21-18-15-11-7-3)87(79-12-8-4)89-85-77-71-75-83(81-85)73-68-65-62-59-56-53-50-47-44-38-35-32-29-26-23-20-17-14-10-6-2;2*1-4-2-3-5(9)7(10)6(4)8(11)12;/h71-72,75-78,81-82H,5-69,73-74,79H2,1-4H3;2*2-3,9-10H,1H3,(H,11,12);/q;;;+2/p-2. The molecule has 4 aromatic rings. The van der Waals surface area contributed by atoms with Gasteiger partial charge < -0.3 is 40.2 Å². The molecular formula is C104H170N2NiO8. The molecule has 0 aromatic heterocycles. The van der Waals surface area contributed by atoms with Crippen LogP contribution in [0.1, 0.15) is 494 Å². The molecule has 0 saturated heterocycles. The van der Waals surface area contributed by atoms with Crippen molar-refractivity contribution in [2.24, 2.45) is 9.98 Å². The number of benzene rings is 4. The first-order valence-electron chi connectivity index (χ1n) is 48.1. The third-order valence-electron chi connectivity index (χ3n) is 23.0. The minimum atomic E-state index is -1.50. The molecule has 11 heteroatoms. The number of hydrogen-bond donors (Lipinski definition) is 4. The second-order valence-corrected chi connectivity index (χ2v) is 33.7. The van der Waals surface area contributed by atoms with Crippen LogP contribution in [0.2, 0.25) is 0 Å². The Morgan fingerprint density at radius 2 is 0.557 bits per heavy atom. The Kier molecular flexibility index (Phi) is 73.1. The van der Waals surface area contributed by atoms with Gasteiger partial charge in [0.05, 0.1) is 29.0 Å². The predicted octanol–water partition coefficient (Wildman–Crippen LogP) is 31.0. The first-order chi connectivity index (χ1) is 55.8. The van der Waals surface area contributed by atoms with Gasteiger partial charge in [-0.2, -0.15) is 0 Å². The van der Waals surface area contributed by atoms with E-state index in [0.29, 0.717) is 11.1 Å². The van der Waals surface area contributed by atoms with Gasteiger partial charge in [-0.05, 0) is 123 Å². The van der Waals surface area contributed by atoms with Gasteiger partial charge in [-0.3, -0.25) is 4.99 Å². The van der Waals surface area contributed by atoms with Gasteiger partial charge >= 0.3 is 16.5 Å². The Balaban J connectivity index is 0.00000223. The third kappa shape index (κ3) is 60.5. The first kappa shape index (κ1) is 107. The maximum absolute atomic E-state index is 10.4. The van der Waals surface area contributed by atoms with Gasteiger partial charge in [0.2, 0.25) is 0 Å². The second-order valence-electron chi connectivity index (χ2n) is 33.7. The zero-order valence-corrected chi connectivity index (χ0v) is 75.6. The number of carbonyl (C=O) groups excluding carboxylic acids is 2. The number of hydrogen-bond acceptors (Lipinski definition) is 10. The molecule has 0 saturated carbocycles. The normalized spacial score (nSPS) is 11.4. The van der Waals surface area contributed by atoms with E-state index in [0.717, 1.165) is 61.3 Å². The molecule has 0 amide bonds. The van der Waals surface area contributed by atoms with Crippen molar-refractivity contribution in [1.82, 2.24) is 0 Å². The third-order valence-corrected chi connectivity index (χ3v) is 23.0. The molecule has 0 atom stereocenters. The van der Waals surface area contributed by atoms with Crippen LogP contribution in [0.25, 0.3) is 0 Å². The van der Waals surface area contributed by atoms with E-state index in [2.05, 4.69) is 88.1 Å². The average Bonchev–Trinajstić information content (AvgIpc) is 0.842. The van der Waals surface area contributed by atoms with Gasteiger partial charge in [0.15, 0.2) is 23.0 Å². The summed E-state index contributed by atoms with van der Waals surface area (Å²) in [5, 5.41) is 56.8. The number of unbranched alkanes of at least 4 members (excludes halogenated alkanes) is 61. The molecule has 4 aromatic carbocycles. The fraction of sp³-hybridized carbons (Fsp3) is 0.712. The Morgan fingerprint density at radius 1 is 0.313 bits per heavy atom. The number of carboxylic acids is 2. The van der Waals surface area contributed by atoms with E-state index in [1.807, 2.05) is 0 Å². The summed E-state index contributed by atoms with van der Waals surface area (Å²) < 4.78 is 0. The summed E-state index contributed by atoms with van der Waals surface area (Å²) in [6.45, 7) is 12.2. The molecule has 0 heterocycles. The molecule has 0 unspecified atom stereocenters. The van der Waals surface area contributed by atoms with Crippen LogP contribution in [0.5, 0.6) is 23.0 Å². The fourth-order valence-corrected chi connectivity index (χ4v) is 15.6. The second kappa shape index (κ2) is 78.3. The molecule has 0 fully saturated rings. The van der Waals surface area contributed by atoms with Gasteiger partial charge in [0, 0.05) is 17.5 Å². The van der Waals surface area contributed by atoms with Crippen molar-refractivity contribution < 1.29 is 56.7 Å². The number of aryl methyl sites for hydroxylation is 4. The van der Waals surface area contributed by atoms with Gasteiger partial charge in [-0.15, -0.1) is 0 Å². The summed E-state index contributed by atoms with van der Waals surface area (Å²) in [5.41, 5.74) is 6.85. The Morgan fingerprint density at radius 3 is 0.809 bits per heavy atom. The summed E-state index contributed by atoms with van der Waals surface area (Å²) in [6, 6.07) is 23.4. The maximum atomic E-state index is 10.4. The van der Waals surface area contributed by atoms with E-state index in [1.54, 1.807) is 0 Å². The minimum Gasteiger partial charge on any atom is -0.545 e. The van der Waals surface area contributed by atoms with Crippen LogP contribution in [0.3, 0.4) is 0 Å². The predicted molar refractivity (Wildman–Crippen MR) is 487 cm³/mol. The number of phenols is 4. The van der Waals surface area contributed by atoms with Gasteiger partial charge in [-0.25, -0.2) is 4.99 Å². The van der Waals surface area contributed by atoms with Crippen LogP contribution in [0.15, 0.2) is 82.8 Å². The minimum absolute atomic E-state index is 0. The monoisotopic (exact) mass is 1630 g/mol. The van der Waals surface area contributed by atoms with Crippen LogP contribution in [-0.4, -0.2) is 43.8 Å². The van der Waals surface area contributed by atoms with Gasteiger partial charge in [-0.1, -0.05) is 455 Å². The topological polar surface area (TPSA) is 186 Å². The zero-order valence-electron chi connectivity index (χ0n) is 74.6. The van der Waals surface area contributed by atoms with Crippen molar-refractivity contribution in [3.05, 3.63) is 106 Å². The smallest absolute Gasteiger partial charge is 0.545 e. The van der Waals surface area contributed by atoms with Crippen molar-refractivity contribution >= 4 is 34.7 Å². The molecule has 0 aliphatic rings. The number of aromatic hydroxyl groups is 4. The molecule has 4 rings (SSSR count). The summed E-state index contributed by atoms with van der Waals surface area (Å²) in [5.74, 6) is 2.10. The number of carbonyl (C=O) groups is 2. The van der Waals surface area contributed by atoms with E-state index in [1.165, 1.54) is 447 Å². The quantitative estimate of drug-likeness (QED) is 0.0111. The molecular weight excluding hydrogens is 1460 g/mol. The molecule has 4 N–H and O–H groups in total. The SMILES string of the molecule is CCCCCCCCCCCCCCCCCCCCCCCCC#CC(=Nc1cccc(CCCCCCCCCCCCCCCCCCCCCC)c1)C(CCCC)=Nc1cccc(CCCCCCCCCCCCCCCCCCCCCC)c1.Cc1ccc(O)c(O)c1C(=O)[O-].Cc1ccc(O)c(O)c1C(=O)[O-].[Ni+2]. The largest absolute Gasteiger partial charge is 2.00 e. The van der Waals surface area contributed by atoms with Gasteiger partial charge in [0.25, 0.3) is 0 Å². The van der Waals surface area contributed by atoms with E-state index in [9.17, 15) is 19.8 Å². The number of phenolic OH excluding ortho intramolecular Hbond substituents is 2. The molecule has 0 aliphatic carbocycles. The average molecular weight is 1640 g/mol. The summed E-state index contributed by atoms with van der Waals surface area (Å²) in [6.07, 6.45) is 94.5. The van der Waals surface area contributed by atoms with Crippen LogP contribution < -0.4 is 10.2 Å². The first-order valence-corrected chi connectivity index (χ1v) is 48.1. The Hall–Kier alpha value is -5.59. The molecule has 0 aliphatic heterocycles. The van der Waals surface area contributed by atoms with Crippen LogP contribution in [0, 0.1) is 25.7 Å². The number of aromatic carboxylic acids is 2. The number of carboxylic acid groups (broad SMARTS) is 2. The van der Waals surface area contributed by atoms with Crippen molar-refractivity contribution in [3.8, 4) is 34.8 Å². The number of aliphatic imine (C=N–C) groups is 2. The van der Waals surface area contributed by atoms with Gasteiger partial charge in [0.1, 0.15) is 5.71 Å². The Bertz CT molecular complexity index is 3020. The van der Waals surface area contributed by atoms with Crippen molar-refractivity contribution in [3.63, 3.8) is 0 Å². The van der Waals surface area contributed by atoms with Crippen LogP contribution in [0.4, 0.5) is 11.4 Å². The van der Waals surface area contributed by atoms with E-state index >= 15 is 0 Å². The van der Waals surface area contributed by atoms with Crippen molar-refractivity contribution in [2.75, 3.05) is 0 Å². The number of rotatable bonds is 72. The summed E-state index contributed by atoms with van der Waals surface area (Å²) in [7, 11) is 0. The summed E-state index contributed by atoms with van der Waals surface area (Å²) >= 11 is 0. The summed E-state index contributed by atoms with van der Waals surface area (Å²) in [4.78, 5) is 31.7. The molecule has 0 spiro atoms. The van der Waals surface area contributed by atoms with E-state index in [-0.39, 0.29) is 27.6 Å². The van der Waals surface area contributed by atoms with Crippen LogP contribution in [-0.2, 0) is 29.3 Å². The van der Waals surface area contributed by atoms with E-state index < -0.39 is 34.9 Å². The van der Waals surface area contributed by atoms with Crippen molar-refractivity contribution in [2.45, 2.75) is 478 Å². The van der Waals surface area contributed by atoms with E-state index in [4.69, 9.17) is 30.4 Å². The maximum Gasteiger partial charge on any atom is 2.00 e. The fourth-order valence-electron chi connectivity index (χ4n) is 15.6. The molecule has 10 nitrogen and oxygen atoms in total. The Labute approximate surface area is 716 Å². The molecule has 115 heavy (non-hydrogen) atoms. The van der Waals surface area contributed by atoms with Crippen LogP contribution >= 0.6 is 0 Å². The molecule has 0 bridgehead atoms. The zero-order chi connectivity index (χ0) is 82.6. The molecule has 654 valence electrons. The number of nitrogens with zero attached hydrogens (tertiary/aromatic N) is 2. The molecule has 0 radical (unpaired) electrons.